The van der Waals surface area contributed by atoms with E-state index in [0.717, 1.165) is 43.4 Å². The molecule has 1 heterocycles. The molecule has 7 heteroatoms. The molecule has 0 radical (unpaired) electrons. The van der Waals surface area contributed by atoms with Gasteiger partial charge in [0.05, 0.1) is 19.3 Å². The van der Waals surface area contributed by atoms with E-state index >= 15 is 0 Å². The Labute approximate surface area is 206 Å². The second kappa shape index (κ2) is 10.7. The van der Waals surface area contributed by atoms with Gasteiger partial charge in [0.15, 0.2) is 5.78 Å². The minimum atomic E-state index is -0.903. The van der Waals surface area contributed by atoms with Gasteiger partial charge in [0.2, 0.25) is 0 Å². The van der Waals surface area contributed by atoms with Gasteiger partial charge in [-0.2, -0.15) is 0 Å². The molecule has 0 bridgehead atoms. The Morgan fingerprint density at radius 3 is 2.40 bits per heavy atom. The number of methoxy groups -OCH3 is 1. The molecule has 1 aromatic carbocycles. The molecule has 0 spiro atoms. The molecule has 1 saturated carbocycles. The summed E-state index contributed by atoms with van der Waals surface area (Å²) in [6, 6.07) is 7.44. The van der Waals surface area contributed by atoms with Crippen molar-refractivity contribution in [2.45, 2.75) is 71.3 Å². The summed E-state index contributed by atoms with van der Waals surface area (Å²) in [7, 11) is 1.30. The summed E-state index contributed by atoms with van der Waals surface area (Å²) in [5.41, 5.74) is 3.09. The first-order valence-electron chi connectivity index (χ1n) is 12.6. The Hall–Kier alpha value is -3.09. The van der Waals surface area contributed by atoms with Crippen LogP contribution in [0.4, 0.5) is 0 Å². The van der Waals surface area contributed by atoms with Gasteiger partial charge in [-0.05, 0) is 69.6 Å². The molecule has 0 aromatic heterocycles. The predicted molar refractivity (Wildman–Crippen MR) is 130 cm³/mol. The largest absolute Gasteiger partial charge is 0.494 e. The Morgan fingerprint density at radius 2 is 1.77 bits per heavy atom. The smallest absolute Gasteiger partial charge is 0.337 e. The zero-order chi connectivity index (χ0) is 25.1. The number of dihydropyridines is 1. The number of carbonyl (C=O) groups is 3. The second-order valence-corrected chi connectivity index (χ2v) is 9.70. The monoisotopic (exact) mass is 481 g/mol. The molecule has 1 fully saturated rings. The number of ketones is 1. The van der Waals surface area contributed by atoms with Gasteiger partial charge in [0, 0.05) is 22.9 Å². The first-order valence-corrected chi connectivity index (χ1v) is 12.6. The molecule has 3 atom stereocenters. The van der Waals surface area contributed by atoms with Gasteiger partial charge in [-0.25, -0.2) is 4.79 Å². The van der Waals surface area contributed by atoms with Crippen molar-refractivity contribution in [2.75, 3.05) is 13.7 Å². The van der Waals surface area contributed by atoms with Crippen molar-refractivity contribution in [1.82, 2.24) is 5.32 Å². The van der Waals surface area contributed by atoms with Crippen molar-refractivity contribution in [2.24, 2.45) is 11.8 Å². The van der Waals surface area contributed by atoms with Crippen molar-refractivity contribution in [3.05, 3.63) is 52.4 Å². The third-order valence-electron chi connectivity index (χ3n) is 7.31. The number of carbonyl (C=O) groups excluding carboxylic acids is 3. The van der Waals surface area contributed by atoms with E-state index in [4.69, 9.17) is 14.2 Å². The predicted octanol–water partition coefficient (Wildman–Crippen LogP) is 4.57. The highest BCUT2D eigenvalue weighted by Crippen LogP contribution is 2.46. The van der Waals surface area contributed by atoms with E-state index in [0.29, 0.717) is 35.6 Å². The number of Topliss-reactive ketones (excluding diaryl/α,β-unsaturated/α-hetero) is 1. The molecular weight excluding hydrogens is 446 g/mol. The van der Waals surface area contributed by atoms with Crippen LogP contribution < -0.4 is 10.1 Å². The molecule has 1 aromatic rings. The molecule has 0 amide bonds. The third-order valence-corrected chi connectivity index (χ3v) is 7.31. The van der Waals surface area contributed by atoms with Crippen LogP contribution in [0, 0.1) is 11.8 Å². The van der Waals surface area contributed by atoms with Crippen LogP contribution in [0.1, 0.15) is 70.8 Å². The van der Waals surface area contributed by atoms with Gasteiger partial charge in [0.1, 0.15) is 17.8 Å². The lowest BCUT2D eigenvalue weighted by Crippen LogP contribution is -2.43. The highest BCUT2D eigenvalue weighted by atomic mass is 16.5. The normalized spacial score (nSPS) is 25.0. The quantitative estimate of drug-likeness (QED) is 0.470. The van der Waals surface area contributed by atoms with Crippen LogP contribution in [0.25, 0.3) is 0 Å². The number of esters is 2. The van der Waals surface area contributed by atoms with E-state index in [1.807, 2.05) is 45.0 Å². The first kappa shape index (κ1) is 25.0. The highest BCUT2D eigenvalue weighted by Gasteiger charge is 2.47. The molecule has 1 aliphatic heterocycles. The van der Waals surface area contributed by atoms with E-state index in [1.165, 1.54) is 7.11 Å². The Bertz CT molecular complexity index is 1050. The van der Waals surface area contributed by atoms with Gasteiger partial charge in [-0.15, -0.1) is 0 Å². The summed E-state index contributed by atoms with van der Waals surface area (Å²) in [6.45, 7) is 6.18. The summed E-state index contributed by atoms with van der Waals surface area (Å²) in [5, 5.41) is 3.32. The highest BCUT2D eigenvalue weighted by molar-refractivity contribution is 6.12. The molecule has 3 aliphatic rings. The Morgan fingerprint density at radius 1 is 1.09 bits per heavy atom. The summed E-state index contributed by atoms with van der Waals surface area (Å²) in [4.78, 5) is 39.9. The molecule has 188 valence electrons. The van der Waals surface area contributed by atoms with Gasteiger partial charge in [-0.1, -0.05) is 25.5 Å². The fourth-order valence-corrected chi connectivity index (χ4v) is 5.61. The summed E-state index contributed by atoms with van der Waals surface area (Å²) in [5.74, 6) is -2.30. The van der Waals surface area contributed by atoms with Crippen LogP contribution in [-0.4, -0.2) is 37.5 Å². The number of allylic oxidation sites excluding steroid dienone is 3. The first-order chi connectivity index (χ1) is 16.8. The fourth-order valence-electron chi connectivity index (χ4n) is 5.61. The molecule has 7 nitrogen and oxygen atoms in total. The lowest BCUT2D eigenvalue weighted by atomic mass is 9.69. The SMILES string of the molecule is CCOc1ccc([C@@H]2C(C(=O)OC3CCCCC3)=C(C)NC3=C2C(=O)[C@@H](C(=O)OC)[C@H](C)C3)cc1. The van der Waals surface area contributed by atoms with Gasteiger partial charge in [0.25, 0.3) is 0 Å². The van der Waals surface area contributed by atoms with Crippen LogP contribution in [0.2, 0.25) is 0 Å². The van der Waals surface area contributed by atoms with E-state index in [1.54, 1.807) is 0 Å². The lowest BCUT2D eigenvalue weighted by Gasteiger charge is -2.38. The van der Waals surface area contributed by atoms with Crippen molar-refractivity contribution in [3.8, 4) is 5.75 Å². The number of rotatable bonds is 6. The van der Waals surface area contributed by atoms with E-state index in [9.17, 15) is 14.4 Å². The number of hydrogen-bond acceptors (Lipinski definition) is 7. The summed E-state index contributed by atoms with van der Waals surface area (Å²) < 4.78 is 16.5. The van der Waals surface area contributed by atoms with Crippen LogP contribution >= 0.6 is 0 Å². The Kier molecular flexibility index (Phi) is 7.63. The minimum Gasteiger partial charge on any atom is -0.494 e. The van der Waals surface area contributed by atoms with E-state index < -0.39 is 23.8 Å². The number of ether oxygens (including phenoxy) is 3. The van der Waals surface area contributed by atoms with E-state index in [-0.39, 0.29) is 17.8 Å². The van der Waals surface area contributed by atoms with Gasteiger partial charge in [-0.3, -0.25) is 9.59 Å². The maximum Gasteiger partial charge on any atom is 0.337 e. The lowest BCUT2D eigenvalue weighted by molar-refractivity contribution is -0.151. The molecular formula is C28H35NO6. The number of benzene rings is 1. The van der Waals surface area contributed by atoms with Crippen molar-refractivity contribution in [3.63, 3.8) is 0 Å². The maximum absolute atomic E-state index is 13.8. The molecule has 1 N–H and O–H groups in total. The molecule has 0 unspecified atom stereocenters. The topological polar surface area (TPSA) is 90.9 Å². The standard InChI is InChI=1S/C28H35NO6/c1-5-34-19-13-11-18(12-14-19)24-23(28(32)35-20-9-7-6-8-10-20)17(3)29-21-15-16(2)22(27(31)33-4)26(30)25(21)24/h11-14,16,20,22,24,29H,5-10,15H2,1-4H3/t16-,22+,24-/m1/s1. The van der Waals surface area contributed by atoms with Gasteiger partial charge >= 0.3 is 11.9 Å². The number of nitrogens with one attached hydrogen (secondary N) is 1. The second-order valence-electron chi connectivity index (χ2n) is 9.70. The molecule has 4 rings (SSSR count). The maximum atomic E-state index is 13.8. The third kappa shape index (κ3) is 5.00. The molecule has 2 aliphatic carbocycles. The Balaban J connectivity index is 1.77. The van der Waals surface area contributed by atoms with Gasteiger partial charge < -0.3 is 19.5 Å². The summed E-state index contributed by atoms with van der Waals surface area (Å²) in [6.07, 6.45) is 5.35. The van der Waals surface area contributed by atoms with Crippen molar-refractivity contribution >= 4 is 17.7 Å². The molecule has 0 saturated heterocycles. The zero-order valence-corrected chi connectivity index (χ0v) is 21.0. The zero-order valence-electron chi connectivity index (χ0n) is 21.0. The van der Waals surface area contributed by atoms with Crippen LogP contribution in [0.5, 0.6) is 5.75 Å². The van der Waals surface area contributed by atoms with E-state index in [2.05, 4.69) is 5.32 Å². The van der Waals surface area contributed by atoms with Crippen LogP contribution in [0.3, 0.4) is 0 Å². The minimum absolute atomic E-state index is 0.113. The number of hydrogen-bond donors (Lipinski definition) is 1. The van der Waals surface area contributed by atoms with Crippen LogP contribution in [0.15, 0.2) is 46.8 Å². The average Bonchev–Trinajstić information content (AvgIpc) is 2.84. The van der Waals surface area contributed by atoms with Crippen molar-refractivity contribution in [1.29, 1.82) is 0 Å². The van der Waals surface area contributed by atoms with Crippen molar-refractivity contribution < 1.29 is 28.6 Å². The summed E-state index contributed by atoms with van der Waals surface area (Å²) >= 11 is 0. The molecule has 35 heavy (non-hydrogen) atoms. The average molecular weight is 482 g/mol. The fraction of sp³-hybridized carbons (Fsp3) is 0.536. The van der Waals surface area contributed by atoms with Crippen LogP contribution in [-0.2, 0) is 23.9 Å².